The molecule has 202 valence electrons. The number of hydrogen-bond donors (Lipinski definition) is 2. The van der Waals surface area contributed by atoms with E-state index in [9.17, 15) is 0 Å². The van der Waals surface area contributed by atoms with E-state index in [1.807, 2.05) is 4.68 Å². The fourth-order valence-electron chi connectivity index (χ4n) is 4.13. The molecule has 2 heterocycles. The highest BCUT2D eigenvalue weighted by Crippen LogP contribution is 2.35. The van der Waals surface area contributed by atoms with Crippen molar-refractivity contribution in [3.8, 4) is 11.4 Å². The predicted octanol–water partition coefficient (Wildman–Crippen LogP) is 7.04. The summed E-state index contributed by atoms with van der Waals surface area (Å²) in [5.41, 5.74) is 13.9. The van der Waals surface area contributed by atoms with Crippen molar-refractivity contribution < 1.29 is 0 Å². The van der Waals surface area contributed by atoms with Crippen molar-refractivity contribution in [1.82, 2.24) is 20.2 Å². The minimum absolute atomic E-state index is 0.115. The average molecular weight is 532 g/mol. The van der Waals surface area contributed by atoms with E-state index in [1.165, 1.54) is 35.9 Å². The van der Waals surface area contributed by atoms with Crippen LogP contribution in [0.1, 0.15) is 70.2 Å². The topological polar surface area (TPSA) is 84.4 Å². The third kappa shape index (κ3) is 7.28. The summed E-state index contributed by atoms with van der Waals surface area (Å²) in [5.74, 6) is 1.61. The zero-order chi connectivity index (χ0) is 27.5. The van der Waals surface area contributed by atoms with E-state index in [-0.39, 0.29) is 6.04 Å². The highest BCUT2D eigenvalue weighted by Gasteiger charge is 2.27. The first-order chi connectivity index (χ1) is 18.4. The molecular weight excluding hydrogens is 490 g/mol. The van der Waals surface area contributed by atoms with Crippen LogP contribution >= 0.6 is 11.8 Å². The Balaban J connectivity index is 0.00000127. The van der Waals surface area contributed by atoms with E-state index in [2.05, 4.69) is 116 Å². The largest absolute Gasteiger partial charge is 0.405 e. The van der Waals surface area contributed by atoms with Crippen LogP contribution < -0.4 is 16.1 Å². The molecule has 2 aromatic carbocycles. The molecule has 0 bridgehead atoms. The van der Waals surface area contributed by atoms with Crippen LogP contribution in [0.5, 0.6) is 0 Å². The Labute approximate surface area is 231 Å². The van der Waals surface area contributed by atoms with Gasteiger partial charge in [-0.05, 0) is 56.5 Å². The molecule has 1 aliphatic heterocycles. The summed E-state index contributed by atoms with van der Waals surface area (Å²) < 4.78 is 1.88. The van der Waals surface area contributed by atoms with Crippen molar-refractivity contribution >= 4 is 22.6 Å². The Kier molecular flexibility index (Phi) is 11.0. The molecule has 1 unspecified atom stereocenters. The number of rotatable bonds is 10. The van der Waals surface area contributed by atoms with Gasteiger partial charge in [-0.25, -0.2) is 9.67 Å². The maximum absolute atomic E-state index is 4.87. The highest BCUT2D eigenvalue weighted by molar-refractivity contribution is 8.14. The summed E-state index contributed by atoms with van der Waals surface area (Å²) in [6.07, 6.45) is 7.39. The van der Waals surface area contributed by atoms with Crippen molar-refractivity contribution in [2.75, 3.05) is 10.7 Å². The molecule has 7 nitrogen and oxygen atoms in total. The molecule has 0 radical (unpaired) electrons. The van der Waals surface area contributed by atoms with Gasteiger partial charge in [0, 0.05) is 23.1 Å². The molecule has 3 aromatic rings. The van der Waals surface area contributed by atoms with Crippen molar-refractivity contribution in [2.45, 2.75) is 65.5 Å². The fraction of sp³-hybridized carbons (Fsp3) is 0.367. The molecule has 1 fully saturated rings. The van der Waals surface area contributed by atoms with Gasteiger partial charge in [0.15, 0.2) is 11.0 Å². The number of unbranched alkanes of at least 4 members (excludes halogenated alkanes) is 1. The zero-order valence-electron chi connectivity index (χ0n) is 23.1. The lowest BCUT2D eigenvalue weighted by atomic mass is 10.0. The molecule has 0 saturated carbocycles. The second-order valence-electron chi connectivity index (χ2n) is 9.41. The molecular formula is C30H41N7S. The molecule has 1 saturated heterocycles. The summed E-state index contributed by atoms with van der Waals surface area (Å²) >= 11 is 1.73. The number of thioether (sulfide) groups is 1. The van der Waals surface area contributed by atoms with Gasteiger partial charge in [0.2, 0.25) is 0 Å². The third-order valence-corrected chi connectivity index (χ3v) is 7.25. The molecule has 38 heavy (non-hydrogen) atoms. The number of aryl methyl sites for hydroxylation is 1. The van der Waals surface area contributed by atoms with Crippen LogP contribution in [-0.2, 0) is 6.42 Å². The van der Waals surface area contributed by atoms with Crippen LogP contribution in [0.25, 0.3) is 11.4 Å². The quantitative estimate of drug-likeness (QED) is 0.273. The number of amidine groups is 1. The van der Waals surface area contributed by atoms with Gasteiger partial charge in [-0.15, -0.1) is 0 Å². The van der Waals surface area contributed by atoms with Gasteiger partial charge in [-0.2, -0.15) is 10.2 Å². The minimum Gasteiger partial charge on any atom is -0.405 e. The molecule has 0 amide bonds. The summed E-state index contributed by atoms with van der Waals surface area (Å²) in [6.45, 7) is 16.1. The van der Waals surface area contributed by atoms with Crippen LogP contribution in [0, 0.1) is 0 Å². The Morgan fingerprint density at radius 3 is 2.50 bits per heavy atom. The number of nitrogens with two attached hydrogens (primary N) is 1. The molecule has 1 aliphatic rings. The Bertz CT molecular complexity index is 1210. The number of nitrogens with one attached hydrogen (secondary N) is 1. The predicted molar refractivity (Wildman–Crippen MR) is 163 cm³/mol. The molecule has 0 spiro atoms. The van der Waals surface area contributed by atoms with Crippen molar-refractivity contribution in [3.63, 3.8) is 0 Å². The lowest BCUT2D eigenvalue weighted by Gasteiger charge is -2.23. The van der Waals surface area contributed by atoms with Crippen molar-refractivity contribution in [1.29, 1.82) is 0 Å². The maximum Gasteiger partial charge on any atom is 0.192 e. The lowest BCUT2D eigenvalue weighted by Crippen LogP contribution is -2.26. The number of aromatic nitrogens is 3. The lowest BCUT2D eigenvalue weighted by molar-refractivity contribution is 0.532. The SMILES string of the molecule is C=C1CS/C(=N\NC(CC)c2ccc(-c3ncn(C(C)C)n3)cc2)N1c1ccccc1CCCC.C=CN. The summed E-state index contributed by atoms with van der Waals surface area (Å²) in [7, 11) is 0. The maximum atomic E-state index is 4.87. The number of para-hydroxylation sites is 1. The molecule has 0 aliphatic carbocycles. The second kappa shape index (κ2) is 14.4. The molecule has 1 aromatic heterocycles. The normalized spacial score (nSPS) is 14.9. The van der Waals surface area contributed by atoms with Crippen molar-refractivity contribution in [2.24, 2.45) is 10.8 Å². The van der Waals surface area contributed by atoms with E-state index in [0.717, 1.165) is 40.8 Å². The number of anilines is 1. The molecule has 8 heteroatoms. The Morgan fingerprint density at radius 1 is 1.16 bits per heavy atom. The van der Waals surface area contributed by atoms with Gasteiger partial charge >= 0.3 is 0 Å². The van der Waals surface area contributed by atoms with Crippen LogP contribution in [0.2, 0.25) is 0 Å². The second-order valence-corrected chi connectivity index (χ2v) is 10.3. The van der Waals surface area contributed by atoms with E-state index >= 15 is 0 Å². The van der Waals surface area contributed by atoms with Gasteiger partial charge in [0.25, 0.3) is 0 Å². The van der Waals surface area contributed by atoms with Gasteiger partial charge in [0.05, 0.1) is 11.7 Å². The number of nitrogens with zero attached hydrogens (tertiary/aromatic N) is 5. The smallest absolute Gasteiger partial charge is 0.192 e. The molecule has 3 N–H and O–H groups in total. The first-order valence-corrected chi connectivity index (χ1v) is 14.3. The minimum atomic E-state index is 0.115. The molecule has 1 atom stereocenters. The van der Waals surface area contributed by atoms with Gasteiger partial charge < -0.3 is 11.2 Å². The van der Waals surface area contributed by atoms with Crippen LogP contribution in [0.15, 0.2) is 85.0 Å². The molecule has 4 rings (SSSR count). The number of benzene rings is 2. The monoisotopic (exact) mass is 531 g/mol. The van der Waals surface area contributed by atoms with Crippen LogP contribution in [0.4, 0.5) is 5.69 Å². The third-order valence-electron chi connectivity index (χ3n) is 6.24. The summed E-state index contributed by atoms with van der Waals surface area (Å²) in [6, 6.07) is 17.5. The number of hydrazone groups is 1. The Hall–Kier alpha value is -3.52. The van der Waals surface area contributed by atoms with E-state index < -0.39 is 0 Å². The van der Waals surface area contributed by atoms with Gasteiger partial charge in [-0.3, -0.25) is 4.90 Å². The first kappa shape index (κ1) is 29.0. The first-order valence-electron chi connectivity index (χ1n) is 13.3. The standard InChI is InChI=1S/C28H36N6S.C2H5N/c1-6-8-11-23-12-9-10-13-26(23)34-21(5)18-35-28(34)31-30-25(7-2)22-14-16-24(17-15-22)27-29-19-33(32-27)20(3)4;1-2-3/h9-10,12-17,19-20,25,30H,5-8,11,18H2,1-4H3;2H,1,3H2/b31-28-;. The fourth-order valence-corrected chi connectivity index (χ4v) is 5.03. The summed E-state index contributed by atoms with van der Waals surface area (Å²) in [5, 5.41) is 10.4. The van der Waals surface area contributed by atoms with Crippen LogP contribution in [0.3, 0.4) is 0 Å². The zero-order valence-corrected chi connectivity index (χ0v) is 23.9. The van der Waals surface area contributed by atoms with E-state index in [1.54, 1.807) is 18.1 Å². The van der Waals surface area contributed by atoms with Gasteiger partial charge in [-0.1, -0.05) is 87.7 Å². The van der Waals surface area contributed by atoms with Crippen LogP contribution in [-0.4, -0.2) is 25.7 Å². The average Bonchev–Trinajstić information content (AvgIpc) is 3.56. The van der Waals surface area contributed by atoms with E-state index in [0.29, 0.717) is 6.04 Å². The highest BCUT2D eigenvalue weighted by atomic mass is 32.2. The summed E-state index contributed by atoms with van der Waals surface area (Å²) in [4.78, 5) is 6.68. The Morgan fingerprint density at radius 2 is 1.87 bits per heavy atom. The van der Waals surface area contributed by atoms with Crippen molar-refractivity contribution in [3.05, 3.63) is 91.0 Å². The van der Waals surface area contributed by atoms with E-state index in [4.69, 9.17) is 5.10 Å². The number of hydrogen-bond acceptors (Lipinski definition) is 6. The van der Waals surface area contributed by atoms with Gasteiger partial charge in [0.1, 0.15) is 6.33 Å².